The minimum Gasteiger partial charge on any atom is -0.497 e. The van der Waals surface area contributed by atoms with Crippen molar-refractivity contribution < 1.29 is 19.1 Å². The smallest absolute Gasteiger partial charge is 0.310 e. The monoisotopic (exact) mass is 477 g/mol. The Labute approximate surface area is 207 Å². The minimum atomic E-state index is -0.185. The highest BCUT2D eigenvalue weighted by Gasteiger charge is 2.35. The average Bonchev–Trinajstić information content (AvgIpc) is 3.30. The maximum atomic E-state index is 13.6. The van der Waals surface area contributed by atoms with Crippen molar-refractivity contribution in [3.8, 4) is 5.75 Å². The molecule has 2 aliphatic heterocycles. The van der Waals surface area contributed by atoms with Crippen molar-refractivity contribution in [1.82, 2.24) is 9.91 Å². The van der Waals surface area contributed by atoms with Crippen LogP contribution in [0.1, 0.15) is 54.5 Å². The van der Waals surface area contributed by atoms with Crippen molar-refractivity contribution in [2.24, 2.45) is 11.0 Å². The molecular formula is C28H35N3O4. The van der Waals surface area contributed by atoms with Crippen LogP contribution < -0.4 is 4.74 Å². The van der Waals surface area contributed by atoms with E-state index >= 15 is 0 Å². The highest BCUT2D eigenvalue weighted by atomic mass is 16.5. The Morgan fingerprint density at radius 1 is 1.11 bits per heavy atom. The first-order chi connectivity index (χ1) is 16.9. The third-order valence-electron chi connectivity index (χ3n) is 6.84. The van der Waals surface area contributed by atoms with Crippen molar-refractivity contribution in [3.05, 3.63) is 64.7 Å². The van der Waals surface area contributed by atoms with Crippen molar-refractivity contribution in [2.45, 2.75) is 46.1 Å². The van der Waals surface area contributed by atoms with E-state index in [4.69, 9.17) is 14.6 Å². The van der Waals surface area contributed by atoms with E-state index < -0.39 is 0 Å². The molecule has 1 amide bonds. The van der Waals surface area contributed by atoms with E-state index in [1.54, 1.807) is 12.1 Å². The molecule has 2 atom stereocenters. The topological polar surface area (TPSA) is 71.4 Å². The van der Waals surface area contributed by atoms with Crippen LogP contribution in [0.15, 0.2) is 47.6 Å². The predicted octanol–water partition coefficient (Wildman–Crippen LogP) is 4.26. The van der Waals surface area contributed by atoms with E-state index in [1.807, 2.05) is 31.2 Å². The first-order valence-corrected chi connectivity index (χ1v) is 12.4. The normalized spacial score (nSPS) is 20.5. The van der Waals surface area contributed by atoms with E-state index in [0.717, 1.165) is 47.5 Å². The Balaban J connectivity index is 1.56. The van der Waals surface area contributed by atoms with Gasteiger partial charge in [0.15, 0.2) is 0 Å². The Kier molecular flexibility index (Phi) is 7.86. The van der Waals surface area contributed by atoms with Gasteiger partial charge in [0, 0.05) is 18.5 Å². The van der Waals surface area contributed by atoms with Gasteiger partial charge < -0.3 is 9.47 Å². The van der Waals surface area contributed by atoms with Crippen LogP contribution in [0.2, 0.25) is 0 Å². The van der Waals surface area contributed by atoms with E-state index in [1.165, 1.54) is 5.56 Å². The van der Waals surface area contributed by atoms with E-state index in [2.05, 4.69) is 36.9 Å². The molecule has 0 bridgehead atoms. The molecule has 7 nitrogen and oxygen atoms in total. The quantitative estimate of drug-likeness (QED) is 0.557. The lowest BCUT2D eigenvalue weighted by molar-refractivity contribution is -0.150. The van der Waals surface area contributed by atoms with Gasteiger partial charge in [0.1, 0.15) is 5.75 Å². The average molecular weight is 478 g/mol. The van der Waals surface area contributed by atoms with Crippen LogP contribution in [0.5, 0.6) is 5.75 Å². The number of benzene rings is 2. The molecule has 4 rings (SSSR count). The van der Waals surface area contributed by atoms with E-state index in [9.17, 15) is 9.59 Å². The second-order valence-corrected chi connectivity index (χ2v) is 9.42. The summed E-state index contributed by atoms with van der Waals surface area (Å²) in [6.07, 6.45) is 2.32. The fourth-order valence-corrected chi connectivity index (χ4v) is 5.04. The lowest BCUT2D eigenvalue weighted by Gasteiger charge is -2.32. The number of aryl methyl sites for hydroxylation is 2. The minimum absolute atomic E-state index is 0.0601. The summed E-state index contributed by atoms with van der Waals surface area (Å²) in [5.41, 5.74) is 5.36. The number of amides is 1. The summed E-state index contributed by atoms with van der Waals surface area (Å²) in [5.74, 6) is 0.368. The number of carbonyl (C=O) groups excluding carboxylic acids is 2. The van der Waals surface area contributed by atoms with E-state index in [0.29, 0.717) is 19.6 Å². The van der Waals surface area contributed by atoms with Gasteiger partial charge in [-0.15, -0.1) is 0 Å². The number of methoxy groups -OCH3 is 1. The second-order valence-electron chi connectivity index (χ2n) is 9.42. The third-order valence-corrected chi connectivity index (χ3v) is 6.84. The molecule has 0 spiro atoms. The molecule has 0 N–H and O–H groups in total. The summed E-state index contributed by atoms with van der Waals surface area (Å²) >= 11 is 0. The number of carbonyl (C=O) groups is 2. The number of hydrogen-bond donors (Lipinski definition) is 0. The summed E-state index contributed by atoms with van der Waals surface area (Å²) in [6.45, 7) is 7.91. The predicted molar refractivity (Wildman–Crippen MR) is 135 cm³/mol. The molecule has 2 heterocycles. The molecule has 186 valence electrons. The van der Waals surface area contributed by atoms with Crippen LogP contribution in [0, 0.1) is 19.8 Å². The Bertz CT molecular complexity index is 1100. The van der Waals surface area contributed by atoms with Gasteiger partial charge in [0.05, 0.1) is 37.9 Å². The summed E-state index contributed by atoms with van der Waals surface area (Å²) < 4.78 is 10.5. The van der Waals surface area contributed by atoms with Gasteiger partial charge in [-0.3, -0.25) is 14.5 Å². The molecular weight excluding hydrogens is 442 g/mol. The Morgan fingerprint density at radius 2 is 1.89 bits per heavy atom. The second kappa shape index (κ2) is 11.0. The lowest BCUT2D eigenvalue weighted by Crippen LogP contribution is -2.44. The van der Waals surface area contributed by atoms with Crippen molar-refractivity contribution in [1.29, 1.82) is 0 Å². The Hall–Kier alpha value is -3.19. The van der Waals surface area contributed by atoms with Crippen LogP contribution in [0.4, 0.5) is 0 Å². The largest absolute Gasteiger partial charge is 0.497 e. The van der Waals surface area contributed by atoms with Gasteiger partial charge in [-0.2, -0.15) is 5.10 Å². The first-order valence-electron chi connectivity index (χ1n) is 12.4. The van der Waals surface area contributed by atoms with E-state index in [-0.39, 0.29) is 30.4 Å². The maximum absolute atomic E-state index is 13.6. The van der Waals surface area contributed by atoms with Gasteiger partial charge in [-0.1, -0.05) is 35.9 Å². The fraction of sp³-hybridized carbons (Fsp3) is 0.464. The third kappa shape index (κ3) is 5.73. The number of rotatable bonds is 7. The fourth-order valence-electron chi connectivity index (χ4n) is 5.04. The van der Waals surface area contributed by atoms with Crippen molar-refractivity contribution in [3.63, 3.8) is 0 Å². The van der Waals surface area contributed by atoms with Crippen LogP contribution in [-0.2, 0) is 14.3 Å². The molecule has 2 aromatic carbocycles. The van der Waals surface area contributed by atoms with Crippen LogP contribution in [-0.4, -0.2) is 60.8 Å². The molecule has 35 heavy (non-hydrogen) atoms. The standard InChI is InChI=1S/C28H35N3O4/c1-5-35-28(33)22-7-6-14-30(17-22)18-27(32)31-26(21-9-11-23(34-4)12-10-21)16-25(29-31)24-13-8-19(2)15-20(24)3/h8-13,15,22,26H,5-7,14,16-18H2,1-4H3/t22-,26+/m1/s1. The molecule has 1 fully saturated rings. The molecule has 0 aromatic heterocycles. The zero-order valence-corrected chi connectivity index (χ0v) is 21.1. The Morgan fingerprint density at radius 3 is 2.57 bits per heavy atom. The van der Waals surface area contributed by atoms with Crippen LogP contribution in [0.25, 0.3) is 0 Å². The summed E-state index contributed by atoms with van der Waals surface area (Å²) in [4.78, 5) is 27.9. The van der Waals surface area contributed by atoms with Gasteiger partial charge in [-0.25, -0.2) is 5.01 Å². The first kappa shape index (κ1) is 24.9. The number of hydrazone groups is 1. The van der Waals surface area contributed by atoms with Crippen LogP contribution in [0.3, 0.4) is 0 Å². The SMILES string of the molecule is CCOC(=O)[C@@H]1CCCN(CC(=O)N2N=C(c3ccc(C)cc3C)C[C@H]2c2ccc(OC)cc2)C1. The van der Waals surface area contributed by atoms with Crippen LogP contribution >= 0.6 is 0 Å². The van der Waals surface area contributed by atoms with Crippen molar-refractivity contribution >= 4 is 17.6 Å². The lowest BCUT2D eigenvalue weighted by atomic mass is 9.95. The zero-order chi connectivity index (χ0) is 24.9. The molecule has 0 radical (unpaired) electrons. The summed E-state index contributed by atoms with van der Waals surface area (Å²) in [6, 6.07) is 14.0. The highest BCUT2D eigenvalue weighted by Crippen LogP contribution is 2.34. The van der Waals surface area contributed by atoms with Crippen molar-refractivity contribution in [2.75, 3.05) is 33.4 Å². The zero-order valence-electron chi connectivity index (χ0n) is 21.1. The number of nitrogens with zero attached hydrogens (tertiary/aromatic N) is 3. The number of likely N-dealkylation sites (tertiary alicyclic amines) is 1. The van der Waals surface area contributed by atoms with Gasteiger partial charge >= 0.3 is 5.97 Å². The molecule has 0 unspecified atom stereocenters. The summed E-state index contributed by atoms with van der Waals surface area (Å²) in [7, 11) is 1.64. The number of ether oxygens (including phenoxy) is 2. The number of esters is 1. The number of hydrogen-bond acceptors (Lipinski definition) is 6. The number of piperidine rings is 1. The molecule has 7 heteroatoms. The molecule has 1 saturated heterocycles. The summed E-state index contributed by atoms with van der Waals surface area (Å²) in [5, 5.41) is 6.49. The van der Waals surface area contributed by atoms with Gasteiger partial charge in [0.2, 0.25) is 0 Å². The molecule has 0 saturated carbocycles. The molecule has 2 aromatic rings. The van der Waals surface area contributed by atoms with Gasteiger partial charge in [-0.05, 0) is 63.4 Å². The van der Waals surface area contributed by atoms with Gasteiger partial charge in [0.25, 0.3) is 5.91 Å². The molecule has 0 aliphatic carbocycles. The molecule has 2 aliphatic rings. The maximum Gasteiger partial charge on any atom is 0.310 e. The highest BCUT2D eigenvalue weighted by molar-refractivity contribution is 6.04.